The van der Waals surface area contributed by atoms with E-state index in [4.69, 9.17) is 14.2 Å². The number of benzene rings is 1. The zero-order chi connectivity index (χ0) is 37.5. The number of pyridine rings is 2. The number of carboxylic acid groups (broad SMARTS) is 1. The van der Waals surface area contributed by atoms with Crippen LogP contribution >= 0.6 is 0 Å². The van der Waals surface area contributed by atoms with Gasteiger partial charge in [0.05, 0.1) is 25.2 Å². The van der Waals surface area contributed by atoms with Gasteiger partial charge in [-0.3, -0.25) is 14.1 Å². The largest absolute Gasteiger partial charge is 0.481 e. The van der Waals surface area contributed by atoms with Gasteiger partial charge in [0.25, 0.3) is 0 Å². The SMILES string of the molecule is Cc1ccc([C@@H](c2ccn3c(C)nnc3c2C)C(C)(C)C(=O)O)cc1CN1CC2(CCOCC2)Oc2nc(OCCN3CCCCC3)ccc2S1(=O)=O. The van der Waals surface area contributed by atoms with Gasteiger partial charge in [-0.05, 0) is 100 Å². The van der Waals surface area contributed by atoms with Gasteiger partial charge in [-0.2, -0.15) is 9.29 Å². The zero-order valence-corrected chi connectivity index (χ0v) is 32.1. The molecule has 1 N–H and O–H groups in total. The van der Waals surface area contributed by atoms with Crippen LogP contribution in [0.3, 0.4) is 0 Å². The highest BCUT2D eigenvalue weighted by atomic mass is 32.2. The highest BCUT2D eigenvalue weighted by Gasteiger charge is 2.46. The normalized spacial score (nSPS) is 19.7. The van der Waals surface area contributed by atoms with E-state index in [-0.39, 0.29) is 23.9 Å². The third kappa shape index (κ3) is 7.26. The summed E-state index contributed by atoms with van der Waals surface area (Å²) in [6.07, 6.45) is 6.51. The Morgan fingerprint density at radius 2 is 1.79 bits per heavy atom. The lowest BCUT2D eigenvalue weighted by Crippen LogP contribution is -2.50. The molecule has 0 saturated carbocycles. The van der Waals surface area contributed by atoms with Crippen LogP contribution in [0.2, 0.25) is 0 Å². The van der Waals surface area contributed by atoms with E-state index < -0.39 is 32.9 Å². The fraction of sp³-hybridized carbons (Fsp3) is 0.538. The third-order valence-electron chi connectivity index (χ3n) is 11.4. The van der Waals surface area contributed by atoms with Gasteiger partial charge in [-0.15, -0.1) is 10.2 Å². The first-order valence-electron chi connectivity index (χ1n) is 18.6. The summed E-state index contributed by atoms with van der Waals surface area (Å²) in [5.41, 5.74) is 2.66. The van der Waals surface area contributed by atoms with E-state index in [9.17, 15) is 18.3 Å². The van der Waals surface area contributed by atoms with Crippen LogP contribution < -0.4 is 9.47 Å². The molecule has 1 spiro atoms. The number of carboxylic acids is 1. The summed E-state index contributed by atoms with van der Waals surface area (Å²) in [5.74, 6) is -0.412. The maximum atomic E-state index is 14.6. The van der Waals surface area contributed by atoms with Crippen LogP contribution in [-0.2, 0) is 26.1 Å². The number of sulfonamides is 1. The Balaban J connectivity index is 1.24. The van der Waals surface area contributed by atoms with E-state index in [1.165, 1.54) is 23.6 Å². The number of hydrogen-bond donors (Lipinski definition) is 1. The fourth-order valence-corrected chi connectivity index (χ4v) is 9.56. The van der Waals surface area contributed by atoms with Gasteiger partial charge in [0.1, 0.15) is 22.9 Å². The van der Waals surface area contributed by atoms with Crippen molar-refractivity contribution in [1.29, 1.82) is 0 Å². The molecule has 6 heterocycles. The Morgan fingerprint density at radius 1 is 1.04 bits per heavy atom. The predicted octanol–water partition coefficient (Wildman–Crippen LogP) is 5.29. The van der Waals surface area contributed by atoms with Crippen LogP contribution in [0.5, 0.6) is 11.8 Å². The van der Waals surface area contributed by atoms with Crippen molar-refractivity contribution >= 4 is 21.6 Å². The molecular formula is C39H50N6O7S. The Labute approximate surface area is 311 Å². The molecule has 3 aromatic heterocycles. The van der Waals surface area contributed by atoms with Crippen LogP contribution in [0.15, 0.2) is 47.5 Å². The molecular weight excluding hydrogens is 697 g/mol. The number of fused-ring (bicyclic) bond motifs is 2. The van der Waals surface area contributed by atoms with Crippen LogP contribution in [0.25, 0.3) is 5.65 Å². The number of piperidine rings is 1. The van der Waals surface area contributed by atoms with Gasteiger partial charge < -0.3 is 19.3 Å². The summed E-state index contributed by atoms with van der Waals surface area (Å²) in [5, 5.41) is 19.1. The number of aromatic nitrogens is 4. The van der Waals surface area contributed by atoms with Gasteiger partial charge in [-0.1, -0.05) is 24.6 Å². The molecule has 1 atom stereocenters. The van der Waals surface area contributed by atoms with Gasteiger partial charge in [0, 0.05) is 44.1 Å². The summed E-state index contributed by atoms with van der Waals surface area (Å²) in [6.45, 7) is 13.6. The van der Waals surface area contributed by atoms with Crippen LogP contribution in [0, 0.1) is 26.2 Å². The molecule has 3 aliphatic heterocycles. The fourth-order valence-electron chi connectivity index (χ4n) is 8.02. The summed E-state index contributed by atoms with van der Waals surface area (Å²) < 4.78 is 50.9. The van der Waals surface area contributed by atoms with Crippen LogP contribution in [0.1, 0.15) is 85.5 Å². The van der Waals surface area contributed by atoms with Crippen molar-refractivity contribution in [2.24, 2.45) is 5.41 Å². The van der Waals surface area contributed by atoms with Gasteiger partial charge in [-0.25, -0.2) is 8.42 Å². The van der Waals surface area contributed by atoms with Crippen molar-refractivity contribution in [2.45, 2.75) is 89.7 Å². The first-order chi connectivity index (χ1) is 25.3. The molecule has 1 aromatic carbocycles. The van der Waals surface area contributed by atoms with E-state index >= 15 is 0 Å². The van der Waals surface area contributed by atoms with Crippen LogP contribution in [0.4, 0.5) is 0 Å². The minimum absolute atomic E-state index is 0.00419. The second kappa shape index (κ2) is 14.6. The Morgan fingerprint density at radius 3 is 2.53 bits per heavy atom. The van der Waals surface area contributed by atoms with E-state index in [1.807, 2.05) is 55.6 Å². The molecule has 0 aliphatic carbocycles. The molecule has 7 rings (SSSR count). The molecule has 53 heavy (non-hydrogen) atoms. The summed E-state index contributed by atoms with van der Waals surface area (Å²) >= 11 is 0. The molecule has 2 fully saturated rings. The number of likely N-dealkylation sites (tertiary alicyclic amines) is 1. The topological polar surface area (TPSA) is 149 Å². The average molecular weight is 747 g/mol. The highest BCUT2D eigenvalue weighted by Crippen LogP contribution is 2.44. The quantitative estimate of drug-likeness (QED) is 0.226. The molecule has 14 heteroatoms. The summed E-state index contributed by atoms with van der Waals surface area (Å²) in [6, 6.07) is 10.9. The second-order valence-electron chi connectivity index (χ2n) is 15.4. The number of carbonyl (C=O) groups is 1. The minimum Gasteiger partial charge on any atom is -0.481 e. The van der Waals surface area contributed by atoms with Crippen molar-refractivity contribution in [3.8, 4) is 11.8 Å². The predicted molar refractivity (Wildman–Crippen MR) is 198 cm³/mol. The van der Waals surface area contributed by atoms with Crippen molar-refractivity contribution in [3.05, 3.63) is 76.2 Å². The van der Waals surface area contributed by atoms with Gasteiger partial charge >= 0.3 is 5.97 Å². The molecule has 0 bridgehead atoms. The highest BCUT2D eigenvalue weighted by molar-refractivity contribution is 7.89. The lowest BCUT2D eigenvalue weighted by molar-refractivity contribution is -0.147. The molecule has 0 amide bonds. The third-order valence-corrected chi connectivity index (χ3v) is 13.2. The van der Waals surface area contributed by atoms with E-state index in [0.29, 0.717) is 44.2 Å². The Hall–Kier alpha value is -4.11. The first-order valence-corrected chi connectivity index (χ1v) is 20.0. The monoisotopic (exact) mass is 746 g/mol. The molecule has 4 aromatic rings. The lowest BCUT2D eigenvalue weighted by Gasteiger charge is -2.38. The first kappa shape index (κ1) is 37.2. The maximum absolute atomic E-state index is 14.6. The molecule has 13 nitrogen and oxygen atoms in total. The summed E-state index contributed by atoms with van der Waals surface area (Å²) in [7, 11) is -4.09. The smallest absolute Gasteiger partial charge is 0.310 e. The number of rotatable bonds is 10. The lowest BCUT2D eigenvalue weighted by atomic mass is 9.70. The summed E-state index contributed by atoms with van der Waals surface area (Å²) in [4.78, 5) is 19.9. The van der Waals surface area contributed by atoms with Crippen molar-refractivity contribution in [1.82, 2.24) is 28.8 Å². The Bertz CT molecular complexity index is 2100. The van der Waals surface area contributed by atoms with Crippen LogP contribution in [-0.4, -0.2) is 99.9 Å². The number of aryl methyl sites for hydroxylation is 3. The number of ether oxygens (including phenoxy) is 3. The number of aliphatic carboxylic acids is 1. The molecule has 2 saturated heterocycles. The van der Waals surface area contributed by atoms with Gasteiger partial charge in [0.2, 0.25) is 21.8 Å². The zero-order valence-electron chi connectivity index (χ0n) is 31.3. The molecule has 284 valence electrons. The minimum atomic E-state index is -4.09. The molecule has 0 radical (unpaired) electrons. The van der Waals surface area contributed by atoms with E-state index in [2.05, 4.69) is 20.1 Å². The van der Waals surface area contributed by atoms with E-state index in [0.717, 1.165) is 53.3 Å². The van der Waals surface area contributed by atoms with Crippen molar-refractivity contribution < 1.29 is 32.5 Å². The molecule has 3 aliphatic rings. The maximum Gasteiger partial charge on any atom is 0.310 e. The molecule has 0 unspecified atom stereocenters. The number of nitrogens with zero attached hydrogens (tertiary/aromatic N) is 6. The second-order valence-corrected chi connectivity index (χ2v) is 17.3. The standard InChI is InChI=1S/C39H50N6O7S/c1-26-9-10-29(34(38(4,5)37(46)47)31-13-18-45-28(3)41-42-35(45)27(31)2)23-30(26)24-44-25-39(14-20-50-21-15-39)52-36-32(53(44,48)49)11-12-33(40-36)51-22-19-43-16-7-6-8-17-43/h9-13,18,23,34H,6-8,14-17,19-22,24-25H2,1-5H3,(H,46,47)/t34-/m0/s1. The Kier molecular flexibility index (Phi) is 10.3. The van der Waals surface area contributed by atoms with E-state index in [1.54, 1.807) is 26.0 Å². The van der Waals surface area contributed by atoms with Crippen molar-refractivity contribution in [2.75, 3.05) is 46.0 Å². The van der Waals surface area contributed by atoms with Gasteiger partial charge in [0.15, 0.2) is 5.65 Å². The number of hydrogen-bond acceptors (Lipinski definition) is 10. The average Bonchev–Trinajstić information content (AvgIpc) is 3.48. The van der Waals surface area contributed by atoms with Crippen molar-refractivity contribution in [3.63, 3.8) is 0 Å².